The number of esters is 1. The molecule has 0 aromatic rings. The third-order valence-corrected chi connectivity index (χ3v) is 2.57. The quantitative estimate of drug-likeness (QED) is 0.181. The Bertz CT molecular complexity index is 312. The van der Waals surface area contributed by atoms with E-state index in [0.717, 1.165) is 5.57 Å². The molecule has 0 aromatic heterocycles. The van der Waals surface area contributed by atoms with E-state index in [0.29, 0.717) is 6.21 Å². The van der Waals surface area contributed by atoms with Crippen LogP contribution in [0, 0.1) is 0 Å². The van der Waals surface area contributed by atoms with E-state index in [2.05, 4.69) is 52.6 Å². The first-order valence-corrected chi connectivity index (χ1v) is 6.25. The summed E-state index contributed by atoms with van der Waals surface area (Å²) in [6, 6.07) is 0. The SMILES string of the molecule is CC(C)=CC(OC(=O)C=[N+]=[N-])C(Br)(Br)Br. The van der Waals surface area contributed by atoms with E-state index in [1.165, 1.54) is 0 Å². The Hall–Kier alpha value is 0.0300. The van der Waals surface area contributed by atoms with Gasteiger partial charge in [-0.15, -0.1) is 0 Å². The van der Waals surface area contributed by atoms with Gasteiger partial charge < -0.3 is 10.3 Å². The summed E-state index contributed by atoms with van der Waals surface area (Å²) in [5, 5.41) is 0. The number of hydrogen-bond donors (Lipinski definition) is 0. The summed E-state index contributed by atoms with van der Waals surface area (Å²) in [5.74, 6) is -0.734. The van der Waals surface area contributed by atoms with Crippen LogP contribution < -0.4 is 0 Å². The normalized spacial score (nSPS) is 12.3. The number of carbonyl (C=O) groups excluding carboxylic acids is 1. The van der Waals surface area contributed by atoms with Crippen molar-refractivity contribution in [2.24, 2.45) is 0 Å². The van der Waals surface area contributed by atoms with Crippen LogP contribution in [0.3, 0.4) is 0 Å². The van der Waals surface area contributed by atoms with Crippen molar-refractivity contribution >= 4 is 60.0 Å². The number of nitrogens with zero attached hydrogens (tertiary/aromatic N) is 2. The second-order valence-electron chi connectivity index (χ2n) is 2.89. The van der Waals surface area contributed by atoms with E-state index in [1.807, 2.05) is 13.8 Å². The lowest BCUT2D eigenvalue weighted by atomic mass is 10.2. The van der Waals surface area contributed by atoms with Crippen LogP contribution in [0.25, 0.3) is 5.53 Å². The molecule has 0 aromatic carbocycles. The standard InChI is InChI=1S/C8H9Br3N2O2/c1-5(2)3-6(8(9,10)11)15-7(14)4-13-12/h3-4,6H,1-2H3. The minimum absolute atomic E-state index is 0.576. The number of ether oxygens (including phenoxy) is 1. The Labute approximate surface area is 113 Å². The Morgan fingerprint density at radius 3 is 2.33 bits per heavy atom. The molecular weight excluding hydrogens is 396 g/mol. The van der Waals surface area contributed by atoms with Crippen molar-refractivity contribution in [3.63, 3.8) is 0 Å². The second kappa shape index (κ2) is 6.58. The van der Waals surface area contributed by atoms with Crippen LogP contribution in [0.1, 0.15) is 13.8 Å². The van der Waals surface area contributed by atoms with Gasteiger partial charge in [-0.25, -0.2) is 4.79 Å². The topological polar surface area (TPSA) is 62.7 Å². The van der Waals surface area contributed by atoms with Gasteiger partial charge in [-0.3, -0.25) is 0 Å². The molecule has 0 fully saturated rings. The van der Waals surface area contributed by atoms with Gasteiger partial charge >= 0.3 is 12.2 Å². The first kappa shape index (κ1) is 15.0. The lowest BCUT2D eigenvalue weighted by Crippen LogP contribution is -2.29. The maximum atomic E-state index is 11.1. The highest BCUT2D eigenvalue weighted by atomic mass is 80.0. The molecule has 1 unspecified atom stereocenters. The number of hydrogen-bond acceptors (Lipinski definition) is 2. The number of alkyl halides is 3. The molecule has 84 valence electrons. The zero-order valence-corrected chi connectivity index (χ0v) is 12.8. The summed E-state index contributed by atoms with van der Waals surface area (Å²) < 4.78 is 4.25. The lowest BCUT2D eigenvalue weighted by molar-refractivity contribution is -0.141. The molecule has 1 atom stereocenters. The molecule has 0 amide bonds. The summed E-state index contributed by atoms with van der Waals surface area (Å²) in [6.45, 7) is 3.75. The van der Waals surface area contributed by atoms with E-state index in [4.69, 9.17) is 10.3 Å². The summed E-state index contributed by atoms with van der Waals surface area (Å²) in [4.78, 5) is 13.6. The molecular formula is C8H9Br3N2O2. The smallest absolute Gasteiger partial charge is 0.414 e. The Balaban J connectivity index is 4.75. The van der Waals surface area contributed by atoms with Gasteiger partial charge in [-0.2, -0.15) is 4.79 Å². The second-order valence-corrected chi connectivity index (χ2v) is 9.83. The first-order chi connectivity index (χ1) is 6.77. The van der Waals surface area contributed by atoms with Crippen LogP contribution in [-0.4, -0.2) is 25.2 Å². The average Bonchev–Trinajstić information content (AvgIpc) is 2.00. The number of allylic oxidation sites excluding steroid dienone is 1. The third-order valence-electron chi connectivity index (χ3n) is 1.21. The molecule has 0 radical (unpaired) electrons. The van der Waals surface area contributed by atoms with Crippen molar-refractivity contribution in [3.8, 4) is 0 Å². The van der Waals surface area contributed by atoms with Gasteiger partial charge in [0.25, 0.3) is 0 Å². The molecule has 7 heteroatoms. The Morgan fingerprint density at radius 1 is 1.47 bits per heavy atom. The molecule has 0 bridgehead atoms. The molecule has 0 saturated heterocycles. The van der Waals surface area contributed by atoms with Crippen molar-refractivity contribution < 1.29 is 14.3 Å². The third kappa shape index (κ3) is 7.00. The maximum absolute atomic E-state index is 11.1. The Morgan fingerprint density at radius 2 is 2.00 bits per heavy atom. The van der Waals surface area contributed by atoms with E-state index >= 15 is 0 Å². The largest absolute Gasteiger partial charge is 0.446 e. The van der Waals surface area contributed by atoms with Gasteiger partial charge in [0.2, 0.25) is 0 Å². The maximum Gasteiger partial charge on any atom is 0.414 e. The molecule has 0 saturated carbocycles. The van der Waals surface area contributed by atoms with E-state index in [-0.39, 0.29) is 0 Å². The molecule has 0 aliphatic carbocycles. The molecule has 15 heavy (non-hydrogen) atoms. The summed E-state index contributed by atoms with van der Waals surface area (Å²) >= 11 is 9.77. The summed E-state index contributed by atoms with van der Waals surface area (Å²) in [7, 11) is 0. The summed E-state index contributed by atoms with van der Waals surface area (Å²) in [6.07, 6.45) is 1.85. The van der Waals surface area contributed by atoms with Crippen LogP contribution in [0.2, 0.25) is 0 Å². The van der Waals surface area contributed by atoms with Gasteiger partial charge in [0, 0.05) is 0 Å². The predicted octanol–water partition coefficient (Wildman–Crippen LogP) is 3.00. The fourth-order valence-electron chi connectivity index (χ4n) is 0.701. The molecule has 0 aliphatic heterocycles. The number of halogens is 3. The lowest BCUT2D eigenvalue weighted by Gasteiger charge is -2.21. The molecule has 0 N–H and O–H groups in total. The van der Waals surface area contributed by atoms with Crippen LogP contribution >= 0.6 is 47.8 Å². The minimum atomic E-state index is -0.747. The Kier molecular flexibility index (Phi) is 6.59. The molecule has 0 heterocycles. The first-order valence-electron chi connectivity index (χ1n) is 3.87. The van der Waals surface area contributed by atoms with E-state index < -0.39 is 14.2 Å². The minimum Gasteiger partial charge on any atom is -0.446 e. The zero-order valence-electron chi connectivity index (χ0n) is 8.08. The van der Waals surface area contributed by atoms with Crippen LogP contribution in [0.4, 0.5) is 0 Å². The molecule has 0 spiro atoms. The highest BCUT2D eigenvalue weighted by molar-refractivity contribution is 9.39. The van der Waals surface area contributed by atoms with Crippen molar-refractivity contribution in [3.05, 3.63) is 17.2 Å². The summed E-state index contributed by atoms with van der Waals surface area (Å²) in [5.41, 5.74) is 9.14. The number of carbonyl (C=O) groups is 1. The van der Waals surface area contributed by atoms with Gasteiger partial charge in [-0.05, 0) is 19.9 Å². The highest BCUT2D eigenvalue weighted by Gasteiger charge is 2.32. The molecule has 4 nitrogen and oxygen atoms in total. The van der Waals surface area contributed by atoms with E-state index in [9.17, 15) is 4.79 Å². The van der Waals surface area contributed by atoms with Gasteiger partial charge in [0.15, 0.2) is 8.25 Å². The molecule has 0 aliphatic rings. The number of rotatable bonds is 3. The van der Waals surface area contributed by atoms with Crippen LogP contribution in [0.5, 0.6) is 0 Å². The van der Waals surface area contributed by atoms with E-state index in [1.54, 1.807) is 6.08 Å². The average molecular weight is 405 g/mol. The van der Waals surface area contributed by atoms with Crippen LogP contribution in [0.15, 0.2) is 11.6 Å². The van der Waals surface area contributed by atoms with Gasteiger partial charge in [0.1, 0.15) is 0 Å². The van der Waals surface area contributed by atoms with Gasteiger partial charge in [0.05, 0.1) is 0 Å². The van der Waals surface area contributed by atoms with Crippen molar-refractivity contribution in [1.82, 2.24) is 0 Å². The fourth-order valence-corrected chi connectivity index (χ4v) is 1.38. The monoisotopic (exact) mass is 402 g/mol. The zero-order chi connectivity index (χ0) is 12.1. The van der Waals surface area contributed by atoms with Gasteiger partial charge in [-0.1, -0.05) is 53.4 Å². The highest BCUT2D eigenvalue weighted by Crippen LogP contribution is 2.39. The van der Waals surface area contributed by atoms with Crippen molar-refractivity contribution in [2.45, 2.75) is 22.1 Å². The predicted molar refractivity (Wildman–Crippen MR) is 68.5 cm³/mol. The van der Waals surface area contributed by atoms with Crippen LogP contribution in [-0.2, 0) is 9.53 Å². The van der Waals surface area contributed by atoms with Crippen molar-refractivity contribution in [2.75, 3.05) is 0 Å². The van der Waals surface area contributed by atoms with Crippen molar-refractivity contribution in [1.29, 1.82) is 0 Å². The molecule has 0 rings (SSSR count). The fraction of sp³-hybridized carbons (Fsp3) is 0.500.